The average Bonchev–Trinajstić information content (AvgIpc) is 2.73. The van der Waals surface area contributed by atoms with Crippen molar-refractivity contribution in [2.45, 2.75) is 167 Å². The molecule has 0 atom stereocenters. The van der Waals surface area contributed by atoms with Gasteiger partial charge >= 0.3 is 8.80 Å². The van der Waals surface area contributed by atoms with Gasteiger partial charge in [-0.25, -0.2) is 0 Å². The smallest absolute Gasteiger partial charge is 0.418 e. The van der Waals surface area contributed by atoms with Crippen molar-refractivity contribution in [1.29, 1.82) is 0 Å². The molecule has 0 aromatic carbocycles. The minimum absolute atomic E-state index is 0.724. The number of rotatable bonds is 25. The summed E-state index contributed by atoms with van der Waals surface area (Å²) >= 11 is 0. The Kier molecular flexibility index (Phi) is 19.1. The molecule has 15 heteroatoms. The Hall–Kier alpha value is 1.46. The fourth-order valence-electron chi connectivity index (χ4n) is 4.99. The van der Waals surface area contributed by atoms with E-state index in [0.717, 1.165) is 75.7 Å². The number of hydrogen-bond acceptors (Lipinski definition) is 6. The molecule has 0 amide bonds. The van der Waals surface area contributed by atoms with Crippen LogP contribution in [0.1, 0.15) is 25.7 Å². The van der Waals surface area contributed by atoms with Crippen molar-refractivity contribution < 1.29 is 30.4 Å². The van der Waals surface area contributed by atoms with Crippen LogP contribution in [-0.2, 0) is 30.4 Å². The van der Waals surface area contributed by atoms with Gasteiger partial charge in [-0.3, -0.25) is 4.80 Å². The SMILES string of the molecule is C[Si](C)([O])CCC[Si](O[Si](C)(C)CCCO[Si](C)(C)C)(O[Si](C)(C)CCCO[Si](C)(C)C)O[Si](C)(C)CCCO[Si](C)(C)C. The molecule has 0 N–H and O–H groups in total. The van der Waals surface area contributed by atoms with Crippen LogP contribution in [0.2, 0.25) is 142 Å². The summed E-state index contributed by atoms with van der Waals surface area (Å²) in [6, 6.07) is 4.51. The second-order valence-electron chi connectivity index (χ2n) is 18.1. The van der Waals surface area contributed by atoms with Crippen molar-refractivity contribution in [2.24, 2.45) is 0 Å². The van der Waals surface area contributed by atoms with E-state index in [1.165, 1.54) is 0 Å². The van der Waals surface area contributed by atoms with Crippen molar-refractivity contribution in [2.75, 3.05) is 19.8 Å². The Labute approximate surface area is 283 Å². The van der Waals surface area contributed by atoms with Crippen LogP contribution in [0, 0.1) is 0 Å². The van der Waals surface area contributed by atoms with E-state index in [-0.39, 0.29) is 0 Å². The zero-order valence-electron chi connectivity index (χ0n) is 32.3. The third-order valence-electron chi connectivity index (χ3n) is 6.93. The molecule has 0 saturated carbocycles. The highest BCUT2D eigenvalue weighted by atomic mass is 28.5. The van der Waals surface area contributed by atoms with Gasteiger partial charge in [0.25, 0.3) is 0 Å². The van der Waals surface area contributed by atoms with Gasteiger partial charge in [-0.1, -0.05) is 0 Å². The Morgan fingerprint density at radius 2 is 0.636 bits per heavy atom. The summed E-state index contributed by atoms with van der Waals surface area (Å²) in [6.07, 6.45) is 3.82. The first-order valence-corrected chi connectivity index (χ1v) is 41.8. The first kappa shape index (κ1) is 45.5. The van der Waals surface area contributed by atoms with Gasteiger partial charge < -0.3 is 25.6 Å². The van der Waals surface area contributed by atoms with E-state index in [0.29, 0.717) is 0 Å². The summed E-state index contributed by atoms with van der Waals surface area (Å²) in [5.74, 6) is 0. The minimum atomic E-state index is -3.12. The summed E-state index contributed by atoms with van der Waals surface area (Å²) in [6.45, 7) is 40.4. The zero-order chi connectivity index (χ0) is 34.7. The Morgan fingerprint density at radius 3 is 0.864 bits per heavy atom. The van der Waals surface area contributed by atoms with Crippen LogP contribution in [0.3, 0.4) is 0 Å². The van der Waals surface area contributed by atoms with Crippen molar-refractivity contribution in [1.82, 2.24) is 0 Å². The normalized spacial score (nSPS) is 14.9. The molecule has 44 heavy (non-hydrogen) atoms. The van der Waals surface area contributed by atoms with Gasteiger partial charge in [0, 0.05) is 25.9 Å². The summed E-state index contributed by atoms with van der Waals surface area (Å²) in [4.78, 5) is 12.8. The maximum atomic E-state index is 12.8. The van der Waals surface area contributed by atoms with Gasteiger partial charge in [0.2, 0.25) is 8.32 Å². The van der Waals surface area contributed by atoms with E-state index in [9.17, 15) is 4.80 Å². The quantitative estimate of drug-likeness (QED) is 0.0682. The van der Waals surface area contributed by atoms with Crippen LogP contribution in [0.4, 0.5) is 0 Å². The maximum Gasteiger partial charge on any atom is 0.469 e. The molecule has 0 aliphatic carbocycles. The maximum absolute atomic E-state index is 12.8. The molecule has 7 nitrogen and oxygen atoms in total. The Bertz CT molecular complexity index is 713. The van der Waals surface area contributed by atoms with Gasteiger partial charge in [0.1, 0.15) is 0 Å². The standard InChI is InChI=1S/C29H75O7Si8/c1-37(2,3)31-22-18-26-41(12,13)34-44(29-21-25-40(10,11)30,35-42(14,15)27-19-23-32-38(4,5)6)36-43(16,17)28-20-24-33-39(7,8)9/h18-29H2,1-17H3. The third kappa shape index (κ3) is 26.4. The molecule has 0 aliphatic heterocycles. The summed E-state index contributed by atoms with van der Waals surface area (Å²) < 4.78 is 40.8. The highest BCUT2D eigenvalue weighted by molar-refractivity contribution is 6.90. The monoisotopic (exact) mass is 759 g/mol. The third-order valence-corrected chi connectivity index (χ3v) is 27.7. The first-order valence-electron chi connectivity index (χ1n) is 17.2. The van der Waals surface area contributed by atoms with Crippen LogP contribution in [0.15, 0.2) is 0 Å². The molecule has 1 radical (unpaired) electrons. The van der Waals surface area contributed by atoms with Gasteiger partial charge in [-0.2, -0.15) is 0 Å². The lowest BCUT2D eigenvalue weighted by Gasteiger charge is -2.45. The molecule has 0 bridgehead atoms. The predicted octanol–water partition coefficient (Wildman–Crippen LogP) is 10.3. The van der Waals surface area contributed by atoms with Crippen LogP contribution < -0.4 is 0 Å². The minimum Gasteiger partial charge on any atom is -0.418 e. The van der Waals surface area contributed by atoms with E-state index < -0.39 is 67.0 Å². The van der Waals surface area contributed by atoms with Gasteiger partial charge in [0.05, 0.1) is 0 Å². The second-order valence-corrected chi connectivity index (χ2v) is 52.0. The summed E-state index contributed by atoms with van der Waals surface area (Å²) in [5.41, 5.74) is 0. The molecule has 0 aromatic rings. The largest absolute Gasteiger partial charge is 0.469 e. The molecule has 0 unspecified atom stereocenters. The van der Waals surface area contributed by atoms with Crippen molar-refractivity contribution in [3.63, 3.8) is 0 Å². The number of hydrogen-bond donors (Lipinski definition) is 0. The first-order chi connectivity index (χ1) is 19.4. The van der Waals surface area contributed by atoms with Crippen molar-refractivity contribution >= 4 is 67.0 Å². The molecule has 0 aromatic heterocycles. The summed E-state index contributed by atoms with van der Waals surface area (Å²) in [5, 5.41) is 0. The highest BCUT2D eigenvalue weighted by Crippen LogP contribution is 2.35. The van der Waals surface area contributed by atoms with E-state index in [4.69, 9.17) is 25.6 Å². The second kappa shape index (κ2) is 18.4. The van der Waals surface area contributed by atoms with Crippen LogP contribution in [0.5, 0.6) is 0 Å². The molecule has 0 aliphatic rings. The molecule has 0 saturated heterocycles. The Morgan fingerprint density at radius 1 is 0.364 bits per heavy atom. The fourth-order valence-corrected chi connectivity index (χ4v) is 26.4. The van der Waals surface area contributed by atoms with Crippen molar-refractivity contribution in [3.8, 4) is 0 Å². The van der Waals surface area contributed by atoms with E-state index in [1.807, 2.05) is 13.1 Å². The molecule has 0 fully saturated rings. The molecule has 265 valence electrons. The molecular weight excluding hydrogens is 685 g/mol. The van der Waals surface area contributed by atoms with Crippen LogP contribution >= 0.6 is 0 Å². The summed E-state index contributed by atoms with van der Waals surface area (Å²) in [7, 11) is -16.7. The lowest BCUT2D eigenvalue weighted by atomic mass is 10.5. The van der Waals surface area contributed by atoms with E-state index in [2.05, 4.69) is 98.2 Å². The van der Waals surface area contributed by atoms with Gasteiger partial charge in [0.15, 0.2) is 49.9 Å². The predicted molar refractivity (Wildman–Crippen MR) is 210 cm³/mol. The van der Waals surface area contributed by atoms with Gasteiger partial charge in [-0.15, -0.1) is 0 Å². The van der Waals surface area contributed by atoms with Crippen LogP contribution in [-0.4, -0.2) is 86.8 Å². The lowest BCUT2D eigenvalue weighted by Crippen LogP contribution is -2.62. The zero-order valence-corrected chi connectivity index (χ0v) is 40.3. The lowest BCUT2D eigenvalue weighted by molar-refractivity contribution is 0.240. The molecule has 0 heterocycles. The average molecular weight is 761 g/mol. The molecule has 0 rings (SSSR count). The van der Waals surface area contributed by atoms with E-state index in [1.54, 1.807) is 0 Å². The fraction of sp³-hybridized carbons (Fsp3) is 1.00. The highest BCUT2D eigenvalue weighted by Gasteiger charge is 2.52. The van der Waals surface area contributed by atoms with Crippen LogP contribution in [0.25, 0.3) is 0 Å². The van der Waals surface area contributed by atoms with Gasteiger partial charge in [-0.05, 0) is 161 Å². The Balaban J connectivity index is 6.20. The molecular formula is C29H75O7Si8. The van der Waals surface area contributed by atoms with Crippen molar-refractivity contribution in [3.05, 3.63) is 0 Å². The van der Waals surface area contributed by atoms with E-state index >= 15 is 0 Å². The molecule has 0 spiro atoms. The topological polar surface area (TPSA) is 75.3 Å².